The molecule has 5 nitrogen and oxygen atoms in total. The van der Waals surface area contributed by atoms with E-state index in [0.717, 1.165) is 0 Å². The van der Waals surface area contributed by atoms with Crippen LogP contribution in [-0.4, -0.2) is 42.7 Å². The van der Waals surface area contributed by atoms with Crippen molar-refractivity contribution in [3.8, 4) is 0 Å². The molecule has 0 N–H and O–H groups in total. The zero-order chi connectivity index (χ0) is 17.3. The summed E-state index contributed by atoms with van der Waals surface area (Å²) in [6.45, 7) is 1.25. The average Bonchev–Trinajstić information content (AvgIpc) is 2.39. The van der Waals surface area contributed by atoms with E-state index in [4.69, 9.17) is 11.6 Å². The van der Waals surface area contributed by atoms with Crippen LogP contribution in [0.5, 0.6) is 0 Å². The van der Waals surface area contributed by atoms with Gasteiger partial charge in [-0.3, -0.25) is 4.79 Å². The maximum Gasteiger partial charge on any atom is 0.410 e. The first kappa shape index (κ1) is 7.95. The van der Waals surface area contributed by atoms with Gasteiger partial charge in [0.2, 0.25) is 0 Å². The van der Waals surface area contributed by atoms with Crippen LogP contribution in [0, 0.1) is 5.89 Å². The van der Waals surface area contributed by atoms with E-state index in [0.29, 0.717) is 4.90 Å². The summed E-state index contributed by atoms with van der Waals surface area (Å²) in [5, 5.41) is 0. The summed E-state index contributed by atoms with van der Waals surface area (Å²) in [7, 11) is 0. The maximum absolute atomic E-state index is 12.1. The van der Waals surface area contributed by atoms with Gasteiger partial charge in [-0.25, -0.2) is 4.79 Å². The third-order valence-corrected chi connectivity index (χ3v) is 1.82. The first-order valence-electron chi connectivity index (χ1n) is 8.02. The molecule has 1 rings (SSSR count). The molecular formula is C12H21NO4. The van der Waals surface area contributed by atoms with Crippen molar-refractivity contribution in [3.63, 3.8) is 0 Å². The van der Waals surface area contributed by atoms with Crippen LogP contribution in [0.15, 0.2) is 0 Å². The minimum atomic E-state index is -1.96. The van der Waals surface area contributed by atoms with Gasteiger partial charge in [0.25, 0.3) is 6.47 Å². The van der Waals surface area contributed by atoms with Crippen LogP contribution in [0.3, 0.4) is 0 Å². The molecule has 1 amide bonds. The molecule has 0 saturated carbocycles. The predicted molar refractivity (Wildman–Crippen MR) is 62.5 cm³/mol. The lowest BCUT2D eigenvalue weighted by atomic mass is 9.98. The van der Waals surface area contributed by atoms with Crippen LogP contribution in [0.1, 0.15) is 40.4 Å². The summed E-state index contributed by atoms with van der Waals surface area (Å²) < 4.78 is 49.5. The first-order valence-corrected chi connectivity index (χ1v) is 5.21. The first-order chi connectivity index (χ1) is 9.95. The van der Waals surface area contributed by atoms with E-state index in [1.54, 1.807) is 20.8 Å². The van der Waals surface area contributed by atoms with Crippen LogP contribution in [0.25, 0.3) is 0 Å². The predicted octanol–water partition coefficient (Wildman–Crippen LogP) is 1.81. The van der Waals surface area contributed by atoms with Gasteiger partial charge in [0.05, 0.1) is 6.61 Å². The quantitative estimate of drug-likeness (QED) is 0.715. The number of hydrogen-bond acceptors (Lipinski definition) is 4. The Morgan fingerprint density at radius 3 is 2.59 bits per heavy atom. The van der Waals surface area contributed by atoms with Crippen molar-refractivity contribution >= 4 is 12.6 Å². The zero-order valence-corrected chi connectivity index (χ0v) is 10.2. The summed E-state index contributed by atoms with van der Waals surface area (Å²) >= 11 is 0. The number of piperidine rings is 1. The summed E-state index contributed by atoms with van der Waals surface area (Å²) in [5.41, 5.74) is -0.846. The normalized spacial score (nSPS) is 46.8. The van der Waals surface area contributed by atoms with E-state index in [2.05, 4.69) is 4.74 Å². The second-order valence-electron chi connectivity index (χ2n) is 4.50. The number of hydrogen-bond donors (Lipinski definition) is 0. The van der Waals surface area contributed by atoms with Gasteiger partial charge in [-0.1, -0.05) is 0 Å². The minimum absolute atomic E-state index is 0.0911. The highest BCUT2D eigenvalue weighted by Crippen LogP contribution is 2.19. The largest absolute Gasteiger partial charge is 0.468 e. The number of nitrogens with zero attached hydrogens (tertiary/aromatic N) is 1. The fourth-order valence-electron chi connectivity index (χ4n) is 1.12. The Bertz CT molecular complexity index is 414. The topological polar surface area (TPSA) is 55.8 Å². The molecule has 1 fully saturated rings. The Labute approximate surface area is 109 Å². The van der Waals surface area contributed by atoms with Gasteiger partial charge < -0.3 is 14.4 Å². The number of ether oxygens (including phenoxy) is 2. The molecule has 98 valence electrons. The molecule has 1 aliphatic heterocycles. The second-order valence-corrected chi connectivity index (χ2v) is 4.50. The molecule has 4 unspecified atom stereocenters. The van der Waals surface area contributed by atoms with Gasteiger partial charge in [-0.05, 0) is 39.5 Å². The number of carbonyl (C=O) groups is 2. The Hall–Kier alpha value is -1.26. The number of amides is 1. The van der Waals surface area contributed by atoms with Crippen molar-refractivity contribution in [2.24, 2.45) is 5.89 Å². The van der Waals surface area contributed by atoms with Crippen molar-refractivity contribution in [1.82, 2.24) is 4.90 Å². The highest BCUT2D eigenvalue weighted by Gasteiger charge is 2.26. The van der Waals surface area contributed by atoms with Crippen LogP contribution in [0.2, 0.25) is 0 Å². The van der Waals surface area contributed by atoms with Crippen molar-refractivity contribution in [2.75, 3.05) is 19.6 Å². The minimum Gasteiger partial charge on any atom is -0.468 e. The molecule has 0 aromatic rings. The van der Waals surface area contributed by atoms with E-state index in [9.17, 15) is 9.59 Å². The van der Waals surface area contributed by atoms with Gasteiger partial charge in [0.15, 0.2) is 0 Å². The van der Waals surface area contributed by atoms with Crippen molar-refractivity contribution in [3.05, 3.63) is 0 Å². The molecule has 0 bridgehead atoms. The lowest BCUT2D eigenvalue weighted by Gasteiger charge is -2.33. The lowest BCUT2D eigenvalue weighted by molar-refractivity contribution is -0.130. The fraction of sp³-hybridized carbons (Fsp3) is 0.833. The summed E-state index contributed by atoms with van der Waals surface area (Å²) in [6.07, 6.45) is -4.05. The van der Waals surface area contributed by atoms with E-state index < -0.39 is 50.0 Å². The van der Waals surface area contributed by atoms with Gasteiger partial charge in [0.1, 0.15) is 5.60 Å². The van der Waals surface area contributed by atoms with Crippen LogP contribution in [0.4, 0.5) is 4.79 Å². The maximum atomic E-state index is 12.1. The number of likely N-dealkylation sites (tertiary alicyclic amines) is 1. The average molecular weight is 248 g/mol. The van der Waals surface area contributed by atoms with Crippen LogP contribution in [-0.2, 0) is 14.3 Å². The molecule has 5 heteroatoms. The second kappa shape index (κ2) is 5.89. The summed E-state index contributed by atoms with van der Waals surface area (Å²) in [5.74, 6) is -1.96. The molecule has 0 spiro atoms. The number of carbonyl (C=O) groups excluding carboxylic acids is 2. The Kier molecular flexibility index (Phi) is 2.75. The standard InChI is InChI=1S/C12H21NO4/c1-12(2,3)17-11(15)13-6-4-10(5-7-13)8-16-9-14/h9-10H,4-8H2,1-3H3/i4D,5D,6D,7D,10D. The lowest BCUT2D eigenvalue weighted by Crippen LogP contribution is -2.42. The third-order valence-electron chi connectivity index (χ3n) is 1.82. The van der Waals surface area contributed by atoms with E-state index >= 15 is 0 Å². The molecule has 17 heavy (non-hydrogen) atoms. The van der Waals surface area contributed by atoms with Crippen molar-refractivity contribution < 1.29 is 25.9 Å². The SMILES string of the molecule is [2H]C1C([2H])C([2H])(COC=O)C([2H])C([2H])N1C(=O)OC(C)(C)C. The van der Waals surface area contributed by atoms with E-state index in [1.807, 2.05) is 0 Å². The monoisotopic (exact) mass is 248 g/mol. The highest BCUT2D eigenvalue weighted by molar-refractivity contribution is 5.68. The Morgan fingerprint density at radius 1 is 1.53 bits per heavy atom. The molecule has 4 atom stereocenters. The Balaban J connectivity index is 3.03. The molecule has 0 aliphatic carbocycles. The molecule has 1 heterocycles. The fourth-order valence-corrected chi connectivity index (χ4v) is 1.12. The van der Waals surface area contributed by atoms with E-state index in [1.165, 1.54) is 0 Å². The Morgan fingerprint density at radius 2 is 2.12 bits per heavy atom. The number of rotatable bonds is 3. The van der Waals surface area contributed by atoms with Gasteiger partial charge in [-0.15, -0.1) is 0 Å². The van der Waals surface area contributed by atoms with Crippen LogP contribution < -0.4 is 0 Å². The zero-order valence-electron chi connectivity index (χ0n) is 15.2. The summed E-state index contributed by atoms with van der Waals surface area (Å²) in [6, 6.07) is 0. The van der Waals surface area contributed by atoms with Gasteiger partial charge >= 0.3 is 6.09 Å². The molecular weight excluding hydrogens is 222 g/mol. The molecule has 0 radical (unpaired) electrons. The van der Waals surface area contributed by atoms with Crippen molar-refractivity contribution in [1.29, 1.82) is 0 Å². The van der Waals surface area contributed by atoms with E-state index in [-0.39, 0.29) is 6.47 Å². The van der Waals surface area contributed by atoms with Crippen molar-refractivity contribution in [2.45, 2.75) is 39.2 Å². The molecule has 0 aromatic carbocycles. The molecule has 1 saturated heterocycles. The molecule has 1 aliphatic rings. The smallest absolute Gasteiger partial charge is 0.410 e. The third kappa shape index (κ3) is 5.06. The van der Waals surface area contributed by atoms with Gasteiger partial charge in [0, 0.05) is 19.9 Å². The molecule has 0 aromatic heterocycles. The summed E-state index contributed by atoms with van der Waals surface area (Å²) in [4.78, 5) is 23.1. The van der Waals surface area contributed by atoms with Crippen LogP contribution >= 0.6 is 0 Å². The highest BCUT2D eigenvalue weighted by atomic mass is 16.6. The van der Waals surface area contributed by atoms with Gasteiger partial charge in [-0.2, -0.15) is 0 Å².